The molecule has 1 aromatic carbocycles. The Bertz CT molecular complexity index is 369. The number of rotatable bonds is 5. The zero-order valence-electron chi connectivity index (χ0n) is 10.3. The molecule has 1 saturated carbocycles. The van der Waals surface area contributed by atoms with Gasteiger partial charge in [0.05, 0.1) is 6.61 Å². The zero-order chi connectivity index (χ0) is 11.6. The van der Waals surface area contributed by atoms with Crippen molar-refractivity contribution in [2.75, 3.05) is 13.2 Å². The molecule has 0 heterocycles. The van der Waals surface area contributed by atoms with Gasteiger partial charge in [0.15, 0.2) is 0 Å². The molecule has 0 bridgehead atoms. The Labute approximate surface area is 97.8 Å². The van der Waals surface area contributed by atoms with Gasteiger partial charge >= 0.3 is 0 Å². The molecule has 0 atom stereocenters. The lowest BCUT2D eigenvalue weighted by Crippen LogP contribution is -2.14. The fraction of sp³-hybridized carbons (Fsp3) is 0.571. The Morgan fingerprint density at radius 3 is 2.62 bits per heavy atom. The monoisotopic (exact) mass is 219 g/mol. The summed E-state index contributed by atoms with van der Waals surface area (Å²) in [6.45, 7) is 5.70. The van der Waals surface area contributed by atoms with E-state index in [1.54, 1.807) is 0 Å². The number of benzene rings is 1. The minimum atomic E-state index is 0.392. The molecule has 16 heavy (non-hydrogen) atoms. The number of hydrogen-bond donors (Lipinski definition) is 1. The number of ether oxygens (including phenoxy) is 1. The largest absolute Gasteiger partial charge is 0.494 e. The maximum absolute atomic E-state index is 5.69. The van der Waals surface area contributed by atoms with Crippen molar-refractivity contribution in [3.63, 3.8) is 0 Å². The number of aryl methyl sites for hydroxylation is 1. The van der Waals surface area contributed by atoms with Gasteiger partial charge in [-0.05, 0) is 68.3 Å². The number of nitrogens with two attached hydrogens (primary N) is 1. The maximum atomic E-state index is 5.69. The molecule has 2 rings (SSSR count). The molecule has 0 amide bonds. The summed E-state index contributed by atoms with van der Waals surface area (Å²) in [5, 5.41) is 0. The summed E-state index contributed by atoms with van der Waals surface area (Å²) in [5.74, 6) is 0.979. The van der Waals surface area contributed by atoms with Gasteiger partial charge in [-0.15, -0.1) is 0 Å². The normalized spacial score (nSPS) is 17.2. The Morgan fingerprint density at radius 2 is 2.12 bits per heavy atom. The van der Waals surface area contributed by atoms with Gasteiger partial charge < -0.3 is 10.5 Å². The summed E-state index contributed by atoms with van der Waals surface area (Å²) in [6, 6.07) is 6.46. The topological polar surface area (TPSA) is 35.2 Å². The summed E-state index contributed by atoms with van der Waals surface area (Å²) >= 11 is 0. The molecule has 0 saturated heterocycles. The van der Waals surface area contributed by atoms with Crippen molar-refractivity contribution >= 4 is 0 Å². The summed E-state index contributed by atoms with van der Waals surface area (Å²) in [4.78, 5) is 0. The van der Waals surface area contributed by atoms with Crippen LogP contribution >= 0.6 is 0 Å². The molecule has 2 N–H and O–H groups in total. The lowest BCUT2D eigenvalue weighted by molar-refractivity contribution is 0.340. The zero-order valence-corrected chi connectivity index (χ0v) is 10.3. The molecule has 2 nitrogen and oxygen atoms in total. The molecular weight excluding hydrogens is 198 g/mol. The molecule has 0 aliphatic heterocycles. The third-order valence-electron chi connectivity index (χ3n) is 3.56. The van der Waals surface area contributed by atoms with E-state index in [0.717, 1.165) is 25.3 Å². The molecule has 1 aliphatic carbocycles. The highest BCUT2D eigenvalue weighted by Gasteiger charge is 2.43. The molecule has 0 aromatic heterocycles. The van der Waals surface area contributed by atoms with E-state index >= 15 is 0 Å². The smallest absolute Gasteiger partial charge is 0.119 e. The summed E-state index contributed by atoms with van der Waals surface area (Å²) < 4.78 is 5.51. The van der Waals surface area contributed by atoms with E-state index in [1.807, 2.05) is 6.92 Å². The van der Waals surface area contributed by atoms with Crippen LogP contribution < -0.4 is 10.5 Å². The van der Waals surface area contributed by atoms with Crippen LogP contribution in [0.1, 0.15) is 37.3 Å². The van der Waals surface area contributed by atoms with Crippen molar-refractivity contribution in [1.82, 2.24) is 0 Å². The summed E-state index contributed by atoms with van der Waals surface area (Å²) in [7, 11) is 0. The Kier molecular flexibility index (Phi) is 3.20. The second-order valence-electron chi connectivity index (χ2n) is 4.73. The summed E-state index contributed by atoms with van der Waals surface area (Å²) in [6.07, 6.45) is 3.69. The Balaban J connectivity index is 2.22. The van der Waals surface area contributed by atoms with Crippen LogP contribution in [-0.2, 0) is 5.41 Å². The van der Waals surface area contributed by atoms with Crippen molar-refractivity contribution in [1.29, 1.82) is 0 Å². The van der Waals surface area contributed by atoms with Gasteiger partial charge in [-0.1, -0.05) is 6.07 Å². The van der Waals surface area contributed by atoms with Crippen LogP contribution in [-0.4, -0.2) is 13.2 Å². The van der Waals surface area contributed by atoms with E-state index in [-0.39, 0.29) is 0 Å². The first kappa shape index (κ1) is 11.5. The molecule has 1 aliphatic rings. The standard InChI is InChI=1S/C14H21NO/c1-3-16-12-4-5-13(11(2)10-12)14(6-7-14)8-9-15/h4-5,10H,3,6-9,15H2,1-2H3. The van der Waals surface area contributed by atoms with Gasteiger partial charge in [-0.3, -0.25) is 0 Å². The van der Waals surface area contributed by atoms with Gasteiger partial charge in [0.25, 0.3) is 0 Å². The molecule has 0 spiro atoms. The van der Waals surface area contributed by atoms with E-state index in [4.69, 9.17) is 10.5 Å². The van der Waals surface area contributed by atoms with E-state index in [1.165, 1.54) is 24.0 Å². The Morgan fingerprint density at radius 1 is 1.38 bits per heavy atom. The Hall–Kier alpha value is -1.02. The predicted molar refractivity (Wildman–Crippen MR) is 66.9 cm³/mol. The van der Waals surface area contributed by atoms with E-state index in [0.29, 0.717) is 5.41 Å². The van der Waals surface area contributed by atoms with Crippen LogP contribution in [0.4, 0.5) is 0 Å². The minimum absolute atomic E-state index is 0.392. The molecule has 1 fully saturated rings. The van der Waals surface area contributed by atoms with Crippen LogP contribution in [0.25, 0.3) is 0 Å². The lowest BCUT2D eigenvalue weighted by Gasteiger charge is -2.18. The second kappa shape index (κ2) is 4.46. The highest BCUT2D eigenvalue weighted by atomic mass is 16.5. The molecule has 1 aromatic rings. The van der Waals surface area contributed by atoms with Crippen molar-refractivity contribution in [3.05, 3.63) is 29.3 Å². The van der Waals surface area contributed by atoms with E-state index in [9.17, 15) is 0 Å². The fourth-order valence-electron chi connectivity index (χ4n) is 2.57. The predicted octanol–water partition coefficient (Wildman–Crippen LogP) is 2.77. The molecule has 0 unspecified atom stereocenters. The van der Waals surface area contributed by atoms with Gasteiger partial charge in [0, 0.05) is 0 Å². The summed E-state index contributed by atoms with van der Waals surface area (Å²) in [5.41, 5.74) is 8.91. The fourth-order valence-corrected chi connectivity index (χ4v) is 2.57. The van der Waals surface area contributed by atoms with Gasteiger partial charge in [0.1, 0.15) is 5.75 Å². The van der Waals surface area contributed by atoms with Crippen molar-refractivity contribution in [2.24, 2.45) is 5.73 Å². The first-order valence-electron chi connectivity index (χ1n) is 6.16. The van der Waals surface area contributed by atoms with Crippen molar-refractivity contribution in [3.8, 4) is 5.75 Å². The van der Waals surface area contributed by atoms with E-state index in [2.05, 4.69) is 25.1 Å². The van der Waals surface area contributed by atoms with Crippen LogP contribution in [0.15, 0.2) is 18.2 Å². The number of hydrogen-bond acceptors (Lipinski definition) is 2. The van der Waals surface area contributed by atoms with Crippen LogP contribution in [0.2, 0.25) is 0 Å². The average Bonchev–Trinajstić information content (AvgIpc) is 3.00. The maximum Gasteiger partial charge on any atom is 0.119 e. The van der Waals surface area contributed by atoms with Gasteiger partial charge in [0.2, 0.25) is 0 Å². The SMILES string of the molecule is CCOc1ccc(C2(CCN)CC2)c(C)c1. The van der Waals surface area contributed by atoms with Crippen molar-refractivity contribution in [2.45, 2.75) is 38.5 Å². The van der Waals surface area contributed by atoms with E-state index < -0.39 is 0 Å². The highest BCUT2D eigenvalue weighted by Crippen LogP contribution is 2.52. The third-order valence-corrected chi connectivity index (χ3v) is 3.56. The van der Waals surface area contributed by atoms with Crippen molar-refractivity contribution < 1.29 is 4.74 Å². The second-order valence-corrected chi connectivity index (χ2v) is 4.73. The van der Waals surface area contributed by atoms with Gasteiger partial charge in [-0.25, -0.2) is 0 Å². The third kappa shape index (κ3) is 2.07. The molecule has 2 heteroatoms. The lowest BCUT2D eigenvalue weighted by atomic mass is 9.89. The first-order valence-corrected chi connectivity index (χ1v) is 6.16. The quantitative estimate of drug-likeness (QED) is 0.826. The van der Waals surface area contributed by atoms with Crippen LogP contribution in [0.5, 0.6) is 5.75 Å². The molecule has 88 valence electrons. The molecule has 0 radical (unpaired) electrons. The minimum Gasteiger partial charge on any atom is -0.494 e. The first-order chi connectivity index (χ1) is 7.72. The highest BCUT2D eigenvalue weighted by molar-refractivity contribution is 5.42. The van der Waals surface area contributed by atoms with Crippen LogP contribution in [0.3, 0.4) is 0 Å². The van der Waals surface area contributed by atoms with Gasteiger partial charge in [-0.2, -0.15) is 0 Å². The molecular formula is C14H21NO. The average molecular weight is 219 g/mol. The van der Waals surface area contributed by atoms with Crippen LogP contribution in [0, 0.1) is 6.92 Å².